The molecule has 1 fully saturated rings. The molecule has 16 heavy (non-hydrogen) atoms. The van der Waals surface area contributed by atoms with Gasteiger partial charge in [0.05, 0.1) is 13.2 Å². The van der Waals surface area contributed by atoms with Gasteiger partial charge in [0.1, 0.15) is 0 Å². The van der Waals surface area contributed by atoms with E-state index >= 15 is 0 Å². The average Bonchev–Trinajstić information content (AvgIpc) is 2.22. The summed E-state index contributed by atoms with van der Waals surface area (Å²) < 4.78 is 9.78. The van der Waals surface area contributed by atoms with Gasteiger partial charge < -0.3 is 9.47 Å². The molecule has 1 aliphatic heterocycles. The predicted molar refractivity (Wildman–Crippen MR) is 57.5 cm³/mol. The maximum Gasteiger partial charge on any atom is 0.510 e. The van der Waals surface area contributed by atoms with Gasteiger partial charge in [0, 0.05) is 25.9 Å². The molecule has 6 nitrogen and oxygen atoms in total. The van der Waals surface area contributed by atoms with Crippen molar-refractivity contribution in [3.05, 3.63) is 0 Å². The first-order valence-electron chi connectivity index (χ1n) is 5.62. The van der Waals surface area contributed by atoms with E-state index in [1.165, 1.54) is 0 Å². The van der Waals surface area contributed by atoms with Crippen molar-refractivity contribution < 1.29 is 19.1 Å². The summed E-state index contributed by atoms with van der Waals surface area (Å²) >= 11 is 0. The Kier molecular flexibility index (Phi) is 4.98. The summed E-state index contributed by atoms with van der Waals surface area (Å²) in [6.45, 7) is 5.89. The van der Waals surface area contributed by atoms with Crippen molar-refractivity contribution in [1.82, 2.24) is 5.06 Å². The third-order valence-corrected chi connectivity index (χ3v) is 2.43. The van der Waals surface area contributed by atoms with E-state index in [-0.39, 0.29) is 0 Å². The van der Waals surface area contributed by atoms with Crippen LogP contribution in [-0.2, 0) is 14.3 Å². The number of piperidine rings is 1. The van der Waals surface area contributed by atoms with Crippen molar-refractivity contribution >= 4 is 6.16 Å². The van der Waals surface area contributed by atoms with Crippen LogP contribution in [0.3, 0.4) is 0 Å². The molecule has 0 radical (unpaired) electrons. The summed E-state index contributed by atoms with van der Waals surface area (Å²) in [5.41, 5.74) is 5.03. The molecule has 0 unspecified atom stereocenters. The second kappa shape index (κ2) is 6.03. The van der Waals surface area contributed by atoms with Crippen molar-refractivity contribution in [2.45, 2.75) is 32.4 Å². The molecule has 6 heteroatoms. The van der Waals surface area contributed by atoms with Crippen molar-refractivity contribution in [3.63, 3.8) is 0 Å². The van der Waals surface area contributed by atoms with Crippen LogP contribution in [0.4, 0.5) is 4.79 Å². The number of ether oxygens (including phenoxy) is 2. The molecule has 0 saturated carbocycles. The van der Waals surface area contributed by atoms with Gasteiger partial charge >= 0.3 is 6.16 Å². The molecule has 0 aromatic rings. The molecule has 1 rings (SSSR count). The van der Waals surface area contributed by atoms with Crippen LogP contribution >= 0.6 is 0 Å². The monoisotopic (exact) mass is 232 g/mol. The molecule has 0 bridgehead atoms. The fraction of sp³-hybridized carbons (Fsp3) is 0.900. The summed E-state index contributed by atoms with van der Waals surface area (Å²) in [5, 5.41) is 1.83. The minimum atomic E-state index is -0.917. The van der Waals surface area contributed by atoms with Crippen LogP contribution in [0.5, 0.6) is 0 Å². The summed E-state index contributed by atoms with van der Waals surface area (Å²) in [4.78, 5) is 16.5. The molecule has 0 aromatic heterocycles. The van der Waals surface area contributed by atoms with Crippen LogP contribution in [0.1, 0.15) is 26.7 Å². The highest BCUT2D eigenvalue weighted by Crippen LogP contribution is 2.21. The van der Waals surface area contributed by atoms with Gasteiger partial charge in [0.2, 0.25) is 0 Å². The second-order valence-electron chi connectivity index (χ2n) is 3.70. The lowest BCUT2D eigenvalue weighted by Crippen LogP contribution is -2.53. The SMILES string of the molecule is CCOC(=O)OC1(N)CCN(OCC)CC1. The zero-order valence-electron chi connectivity index (χ0n) is 9.90. The highest BCUT2D eigenvalue weighted by molar-refractivity contribution is 5.60. The van der Waals surface area contributed by atoms with Crippen LogP contribution in [0.15, 0.2) is 0 Å². The van der Waals surface area contributed by atoms with Crippen LogP contribution in [-0.4, -0.2) is 43.2 Å². The molecule has 0 atom stereocenters. The maximum atomic E-state index is 11.2. The molecule has 1 aliphatic rings. The maximum absolute atomic E-state index is 11.2. The van der Waals surface area contributed by atoms with Gasteiger partial charge in [-0.25, -0.2) is 4.79 Å². The predicted octanol–water partition coefficient (Wildman–Crippen LogP) is 0.862. The Morgan fingerprint density at radius 3 is 2.44 bits per heavy atom. The zero-order chi connectivity index (χ0) is 12.0. The van der Waals surface area contributed by atoms with Gasteiger partial charge in [-0.3, -0.25) is 10.6 Å². The van der Waals surface area contributed by atoms with Crippen molar-refractivity contribution in [1.29, 1.82) is 0 Å². The first kappa shape index (κ1) is 13.2. The van der Waals surface area contributed by atoms with Crippen LogP contribution in [0, 0.1) is 0 Å². The average molecular weight is 232 g/mol. The normalized spacial score (nSPS) is 20.4. The smallest absolute Gasteiger partial charge is 0.435 e. The summed E-state index contributed by atoms with van der Waals surface area (Å²) in [6.07, 6.45) is 0.396. The molecule has 2 N–H and O–H groups in total. The van der Waals surface area contributed by atoms with Crippen LogP contribution < -0.4 is 5.73 Å². The summed E-state index contributed by atoms with van der Waals surface area (Å²) in [7, 11) is 0. The number of carbonyl (C=O) groups is 1. The molecule has 0 spiro atoms. The van der Waals surface area contributed by atoms with Gasteiger partial charge in [-0.1, -0.05) is 0 Å². The Hall–Kier alpha value is -0.850. The minimum absolute atomic E-state index is 0.292. The highest BCUT2D eigenvalue weighted by atomic mass is 16.7. The van der Waals surface area contributed by atoms with E-state index in [0.717, 1.165) is 0 Å². The Balaban J connectivity index is 2.34. The largest absolute Gasteiger partial charge is 0.510 e. The number of carbonyl (C=O) groups excluding carboxylic acids is 1. The fourth-order valence-electron chi connectivity index (χ4n) is 1.59. The fourth-order valence-corrected chi connectivity index (χ4v) is 1.59. The number of hydroxylamine groups is 2. The van der Waals surface area contributed by atoms with Gasteiger partial charge in [-0.2, -0.15) is 5.06 Å². The van der Waals surface area contributed by atoms with E-state index < -0.39 is 11.9 Å². The summed E-state index contributed by atoms with van der Waals surface area (Å²) in [6, 6.07) is 0. The first-order chi connectivity index (χ1) is 7.59. The molecule has 1 heterocycles. The Morgan fingerprint density at radius 2 is 1.94 bits per heavy atom. The molecule has 0 aliphatic carbocycles. The summed E-state index contributed by atoms with van der Waals surface area (Å²) in [5.74, 6) is 0. The lowest BCUT2D eigenvalue weighted by Gasteiger charge is -2.37. The standard InChI is InChI=1S/C10H20N2O4/c1-3-14-9(13)16-10(11)5-7-12(8-6-10)15-4-2/h3-8,11H2,1-2H3. The topological polar surface area (TPSA) is 74.0 Å². The van der Waals surface area contributed by atoms with E-state index in [1.54, 1.807) is 6.92 Å². The molecular formula is C10H20N2O4. The van der Waals surface area contributed by atoms with Gasteiger partial charge in [0.15, 0.2) is 5.72 Å². The molecule has 1 saturated heterocycles. The Labute approximate surface area is 95.6 Å². The van der Waals surface area contributed by atoms with Crippen LogP contribution in [0.2, 0.25) is 0 Å². The van der Waals surface area contributed by atoms with E-state index in [4.69, 9.17) is 20.0 Å². The molecule has 0 aromatic carbocycles. The molecule has 94 valence electrons. The van der Waals surface area contributed by atoms with E-state index in [0.29, 0.717) is 39.1 Å². The highest BCUT2D eigenvalue weighted by Gasteiger charge is 2.35. The van der Waals surface area contributed by atoms with E-state index in [2.05, 4.69) is 0 Å². The number of nitrogens with zero attached hydrogens (tertiary/aromatic N) is 1. The van der Waals surface area contributed by atoms with Crippen molar-refractivity contribution in [2.24, 2.45) is 5.73 Å². The lowest BCUT2D eigenvalue weighted by atomic mass is 10.0. The lowest BCUT2D eigenvalue weighted by molar-refractivity contribution is -0.192. The third-order valence-electron chi connectivity index (χ3n) is 2.43. The number of rotatable bonds is 4. The number of hydrogen-bond acceptors (Lipinski definition) is 6. The van der Waals surface area contributed by atoms with E-state index in [9.17, 15) is 4.79 Å². The van der Waals surface area contributed by atoms with Crippen LogP contribution in [0.25, 0.3) is 0 Å². The van der Waals surface area contributed by atoms with Gasteiger partial charge in [-0.15, -0.1) is 0 Å². The van der Waals surface area contributed by atoms with Gasteiger partial charge in [0.25, 0.3) is 0 Å². The number of nitrogens with two attached hydrogens (primary N) is 1. The Morgan fingerprint density at radius 1 is 1.31 bits per heavy atom. The minimum Gasteiger partial charge on any atom is -0.435 e. The zero-order valence-corrected chi connectivity index (χ0v) is 9.90. The Bertz CT molecular complexity index is 227. The number of hydrogen-bond donors (Lipinski definition) is 1. The first-order valence-corrected chi connectivity index (χ1v) is 5.62. The quantitative estimate of drug-likeness (QED) is 0.572. The molecular weight excluding hydrogens is 212 g/mol. The molecule has 0 amide bonds. The van der Waals surface area contributed by atoms with Crippen molar-refractivity contribution in [3.8, 4) is 0 Å². The third kappa shape index (κ3) is 3.96. The van der Waals surface area contributed by atoms with Gasteiger partial charge in [-0.05, 0) is 13.8 Å². The van der Waals surface area contributed by atoms with E-state index in [1.807, 2.05) is 12.0 Å². The van der Waals surface area contributed by atoms with Crippen molar-refractivity contribution in [2.75, 3.05) is 26.3 Å². The second-order valence-corrected chi connectivity index (χ2v) is 3.70.